The van der Waals surface area contributed by atoms with E-state index in [0.29, 0.717) is 49.0 Å². The SMILES string of the molecule is Cc1nc2sc(C(=O)Nc3ccc(Br)cc3)c(N)c2c(-c2cccs2)c1C(=O)Nc1ccccc1. The van der Waals surface area contributed by atoms with Gasteiger partial charge >= 0.3 is 0 Å². The predicted molar refractivity (Wildman–Crippen MR) is 149 cm³/mol. The van der Waals surface area contributed by atoms with Crippen LogP contribution in [-0.2, 0) is 0 Å². The molecule has 2 amide bonds. The fourth-order valence-corrected chi connectivity index (χ4v) is 5.91. The Bertz CT molecular complexity index is 1550. The minimum Gasteiger partial charge on any atom is -0.397 e. The zero-order valence-corrected chi connectivity index (χ0v) is 21.7. The Morgan fingerprint density at radius 2 is 1.60 bits per heavy atom. The van der Waals surface area contributed by atoms with E-state index in [1.807, 2.05) is 60.0 Å². The van der Waals surface area contributed by atoms with Crippen LogP contribution >= 0.6 is 38.6 Å². The molecule has 3 heterocycles. The van der Waals surface area contributed by atoms with Crippen molar-refractivity contribution in [2.75, 3.05) is 16.4 Å². The number of nitrogen functional groups attached to an aromatic ring is 1. The molecule has 0 bridgehead atoms. The number of halogens is 1. The van der Waals surface area contributed by atoms with Crippen LogP contribution in [0.2, 0.25) is 0 Å². The second kappa shape index (κ2) is 9.61. The fourth-order valence-electron chi connectivity index (χ4n) is 3.82. The Morgan fingerprint density at radius 3 is 2.29 bits per heavy atom. The van der Waals surface area contributed by atoms with Crippen LogP contribution in [0.3, 0.4) is 0 Å². The van der Waals surface area contributed by atoms with E-state index in [-0.39, 0.29) is 11.8 Å². The van der Waals surface area contributed by atoms with Crippen molar-refractivity contribution < 1.29 is 9.59 Å². The number of nitrogens with one attached hydrogen (secondary N) is 2. The number of thiophene rings is 2. The summed E-state index contributed by atoms with van der Waals surface area (Å²) in [7, 11) is 0. The highest BCUT2D eigenvalue weighted by molar-refractivity contribution is 9.10. The van der Waals surface area contributed by atoms with E-state index in [4.69, 9.17) is 5.73 Å². The lowest BCUT2D eigenvalue weighted by Crippen LogP contribution is -2.16. The molecule has 5 rings (SSSR count). The van der Waals surface area contributed by atoms with Crippen molar-refractivity contribution in [2.45, 2.75) is 6.92 Å². The number of nitrogens with two attached hydrogens (primary N) is 1. The van der Waals surface area contributed by atoms with Crippen molar-refractivity contribution in [2.24, 2.45) is 0 Å². The Hall–Kier alpha value is -3.53. The molecule has 5 aromatic rings. The summed E-state index contributed by atoms with van der Waals surface area (Å²) in [5.74, 6) is -0.601. The molecule has 0 fully saturated rings. The summed E-state index contributed by atoms with van der Waals surface area (Å²) in [5.41, 5.74) is 9.91. The maximum Gasteiger partial charge on any atom is 0.267 e. The van der Waals surface area contributed by atoms with E-state index in [0.717, 1.165) is 9.35 Å². The van der Waals surface area contributed by atoms with Gasteiger partial charge in [0.1, 0.15) is 9.71 Å². The monoisotopic (exact) mass is 562 g/mol. The van der Waals surface area contributed by atoms with Gasteiger partial charge in [0, 0.05) is 31.7 Å². The number of hydrogen-bond acceptors (Lipinski definition) is 6. The van der Waals surface area contributed by atoms with Gasteiger partial charge in [0.2, 0.25) is 0 Å². The molecule has 0 aliphatic rings. The standard InChI is InChI=1S/C26H19BrN4O2S2/c1-14-19(24(32)30-16-6-3-2-4-7-16)20(18-8-5-13-34-18)21-22(28)23(35-26(21)29-14)25(33)31-17-11-9-15(27)10-12-17/h2-13H,28H2,1H3,(H,30,32)(H,31,33). The van der Waals surface area contributed by atoms with Crippen molar-refractivity contribution >= 4 is 77.7 Å². The van der Waals surface area contributed by atoms with Gasteiger partial charge in [-0.25, -0.2) is 4.98 Å². The highest BCUT2D eigenvalue weighted by Crippen LogP contribution is 2.43. The second-order valence-corrected chi connectivity index (χ2v) is 10.6. The quantitative estimate of drug-likeness (QED) is 0.211. The van der Waals surface area contributed by atoms with Crippen molar-refractivity contribution in [1.82, 2.24) is 4.98 Å². The van der Waals surface area contributed by atoms with E-state index in [2.05, 4.69) is 31.5 Å². The van der Waals surface area contributed by atoms with Crippen molar-refractivity contribution in [3.8, 4) is 10.4 Å². The average molecular weight is 564 g/mol. The van der Waals surface area contributed by atoms with Crippen LogP contribution in [0.25, 0.3) is 20.7 Å². The third-order valence-electron chi connectivity index (χ3n) is 5.39. The second-order valence-electron chi connectivity index (χ2n) is 7.73. The summed E-state index contributed by atoms with van der Waals surface area (Å²) >= 11 is 6.12. The molecule has 0 saturated heterocycles. The summed E-state index contributed by atoms with van der Waals surface area (Å²) in [6.07, 6.45) is 0. The first kappa shape index (κ1) is 23.2. The topological polar surface area (TPSA) is 97.1 Å². The van der Waals surface area contributed by atoms with Gasteiger partial charge in [-0.15, -0.1) is 22.7 Å². The Labute approximate surface area is 218 Å². The van der Waals surface area contributed by atoms with Gasteiger partial charge < -0.3 is 16.4 Å². The van der Waals surface area contributed by atoms with Crippen molar-refractivity contribution in [3.63, 3.8) is 0 Å². The number of rotatable bonds is 5. The molecule has 6 nitrogen and oxygen atoms in total. The number of amides is 2. The normalized spacial score (nSPS) is 10.9. The first-order valence-corrected chi connectivity index (χ1v) is 13.1. The number of benzene rings is 2. The molecule has 0 saturated carbocycles. The molecular formula is C26H19BrN4O2S2. The number of aromatic nitrogens is 1. The molecule has 9 heteroatoms. The minimum atomic E-state index is -0.321. The molecule has 0 unspecified atom stereocenters. The van der Waals surface area contributed by atoms with Crippen LogP contribution in [-0.4, -0.2) is 16.8 Å². The number of carbonyl (C=O) groups excluding carboxylic acids is 2. The molecule has 0 atom stereocenters. The summed E-state index contributed by atoms with van der Waals surface area (Å²) in [6.45, 7) is 1.80. The highest BCUT2D eigenvalue weighted by atomic mass is 79.9. The maximum atomic E-state index is 13.4. The summed E-state index contributed by atoms with van der Waals surface area (Å²) in [4.78, 5) is 33.1. The van der Waals surface area contributed by atoms with Crippen LogP contribution < -0.4 is 16.4 Å². The molecule has 0 radical (unpaired) electrons. The molecule has 0 spiro atoms. The largest absolute Gasteiger partial charge is 0.397 e. The van der Waals surface area contributed by atoms with Crippen molar-refractivity contribution in [3.05, 3.63) is 92.7 Å². The highest BCUT2D eigenvalue weighted by Gasteiger charge is 2.27. The number of nitrogens with zero attached hydrogens (tertiary/aromatic N) is 1. The molecule has 4 N–H and O–H groups in total. The third-order valence-corrected chi connectivity index (χ3v) is 7.91. The molecule has 35 heavy (non-hydrogen) atoms. The first-order valence-electron chi connectivity index (χ1n) is 10.6. The lowest BCUT2D eigenvalue weighted by Gasteiger charge is -2.13. The summed E-state index contributed by atoms with van der Waals surface area (Å²) < 4.78 is 0.915. The zero-order chi connectivity index (χ0) is 24.5. The number of anilines is 3. The smallest absolute Gasteiger partial charge is 0.267 e. The van der Waals surface area contributed by atoms with Crippen LogP contribution in [0.15, 0.2) is 76.6 Å². The van der Waals surface area contributed by atoms with E-state index >= 15 is 0 Å². The van der Waals surface area contributed by atoms with Crippen molar-refractivity contribution in [1.29, 1.82) is 0 Å². The number of hydrogen-bond donors (Lipinski definition) is 3. The Kier molecular flexibility index (Phi) is 6.38. The van der Waals surface area contributed by atoms with Gasteiger partial charge in [-0.2, -0.15) is 0 Å². The molecule has 2 aromatic carbocycles. The van der Waals surface area contributed by atoms with E-state index in [9.17, 15) is 9.59 Å². The zero-order valence-electron chi connectivity index (χ0n) is 18.5. The summed E-state index contributed by atoms with van der Waals surface area (Å²) in [6, 6.07) is 20.4. The maximum absolute atomic E-state index is 13.4. The van der Waals surface area contributed by atoms with Crippen LogP contribution in [0.1, 0.15) is 25.7 Å². The van der Waals surface area contributed by atoms with Crippen LogP contribution in [0.5, 0.6) is 0 Å². The van der Waals surface area contributed by atoms with E-state index in [1.54, 1.807) is 19.1 Å². The Morgan fingerprint density at radius 1 is 0.914 bits per heavy atom. The fraction of sp³-hybridized carbons (Fsp3) is 0.0385. The number of fused-ring (bicyclic) bond motifs is 1. The molecule has 3 aromatic heterocycles. The third kappa shape index (κ3) is 4.58. The average Bonchev–Trinajstić information content (AvgIpc) is 3.49. The number of aryl methyl sites for hydroxylation is 1. The van der Waals surface area contributed by atoms with Gasteiger partial charge in [0.25, 0.3) is 11.8 Å². The van der Waals surface area contributed by atoms with Crippen LogP contribution in [0.4, 0.5) is 17.1 Å². The molecule has 0 aliphatic heterocycles. The molecular weight excluding hydrogens is 544 g/mol. The van der Waals surface area contributed by atoms with Gasteiger partial charge in [-0.1, -0.05) is 40.2 Å². The first-order chi connectivity index (χ1) is 16.9. The molecule has 0 aliphatic carbocycles. The number of carbonyl (C=O) groups is 2. The summed E-state index contributed by atoms with van der Waals surface area (Å²) in [5, 5.41) is 8.41. The lowest BCUT2D eigenvalue weighted by molar-refractivity contribution is 0.102. The number of pyridine rings is 1. The minimum absolute atomic E-state index is 0.280. The van der Waals surface area contributed by atoms with Gasteiger partial charge in [-0.05, 0) is 54.8 Å². The van der Waals surface area contributed by atoms with Gasteiger partial charge in [0.15, 0.2) is 0 Å². The van der Waals surface area contributed by atoms with Gasteiger partial charge in [0.05, 0.1) is 16.9 Å². The Balaban J connectivity index is 1.63. The van der Waals surface area contributed by atoms with Crippen LogP contribution in [0, 0.1) is 6.92 Å². The van der Waals surface area contributed by atoms with E-state index < -0.39 is 0 Å². The van der Waals surface area contributed by atoms with Gasteiger partial charge in [-0.3, -0.25) is 9.59 Å². The van der Waals surface area contributed by atoms with E-state index in [1.165, 1.54) is 22.7 Å². The molecule has 174 valence electrons. The predicted octanol–water partition coefficient (Wildman–Crippen LogP) is 7.18. The number of para-hydroxylation sites is 1. The lowest BCUT2D eigenvalue weighted by atomic mass is 9.99.